The Morgan fingerprint density at radius 2 is 1.48 bits per heavy atom. The summed E-state index contributed by atoms with van der Waals surface area (Å²) in [5, 5.41) is 26.3. The van der Waals surface area contributed by atoms with E-state index >= 15 is 0 Å². The molecule has 7 N–H and O–H groups in total. The van der Waals surface area contributed by atoms with Gasteiger partial charge in [-0.2, -0.15) is 0 Å². The van der Waals surface area contributed by atoms with Crippen LogP contribution in [0.15, 0.2) is 79.0 Å². The fraction of sp³-hybridized carbons (Fsp3) is 0.435. The molecule has 326 valence electrons. The highest BCUT2D eigenvalue weighted by Gasteiger charge is 2.43. The number of aromatic nitrogens is 1. The van der Waals surface area contributed by atoms with Crippen molar-refractivity contribution in [2.45, 2.75) is 115 Å². The van der Waals surface area contributed by atoms with Crippen molar-refractivity contribution in [1.29, 1.82) is 0 Å². The highest BCUT2D eigenvalue weighted by Crippen LogP contribution is 2.31. The standard InChI is InChI=1S/C46H59N7O8/c1-31(2)42(58)46(26-9-4-10-27-46)53-44(60)38(18-13-19-41(56)57)51-43(59)37(17-8-12-29-48-39(54)25-24-34-15-7-11-28-47-34)50-40(55)30-33-20-22-35(23-21-33)49-45(61)52-36-16-6-5-14-32(36)3/h5-7,11,14-16,20-25,28,31,37-38H,4,8-10,12-13,17-19,26-27,29-30H2,1-3H3,(H,48,54)(H,50,55)(H,51,59)(H,53,60)(H,56,57)(H2,49,52,61)/b25-24+/t37-,38-/m0/s1. The monoisotopic (exact) mass is 837 g/mol. The lowest BCUT2D eigenvalue weighted by Crippen LogP contribution is -2.62. The molecule has 0 bridgehead atoms. The number of hydrogen-bond acceptors (Lipinski definition) is 8. The summed E-state index contributed by atoms with van der Waals surface area (Å²) < 4.78 is 0. The molecule has 0 saturated heterocycles. The molecule has 1 saturated carbocycles. The van der Waals surface area contributed by atoms with Crippen LogP contribution < -0.4 is 31.9 Å². The van der Waals surface area contributed by atoms with Crippen molar-refractivity contribution >= 4 is 58.9 Å². The summed E-state index contributed by atoms with van der Waals surface area (Å²) in [6, 6.07) is 16.7. The molecule has 4 rings (SSSR count). The lowest BCUT2D eigenvalue weighted by atomic mass is 9.75. The molecule has 2 aromatic carbocycles. The Hall–Kier alpha value is -6.38. The molecule has 2 atom stereocenters. The fourth-order valence-corrected chi connectivity index (χ4v) is 7.25. The molecule has 1 fully saturated rings. The van der Waals surface area contributed by atoms with Crippen LogP contribution in [0.2, 0.25) is 0 Å². The molecule has 61 heavy (non-hydrogen) atoms. The zero-order chi connectivity index (χ0) is 44.2. The van der Waals surface area contributed by atoms with E-state index in [0.29, 0.717) is 54.9 Å². The molecule has 1 aliphatic rings. The zero-order valence-electron chi connectivity index (χ0n) is 35.3. The molecule has 0 radical (unpaired) electrons. The Morgan fingerprint density at radius 1 is 0.787 bits per heavy atom. The summed E-state index contributed by atoms with van der Waals surface area (Å²) in [6.07, 6.45) is 8.78. The minimum atomic E-state index is -1.17. The van der Waals surface area contributed by atoms with E-state index in [1.54, 1.807) is 68.6 Å². The van der Waals surface area contributed by atoms with Crippen LogP contribution in [0.25, 0.3) is 6.08 Å². The fourth-order valence-electron chi connectivity index (χ4n) is 7.25. The first-order valence-corrected chi connectivity index (χ1v) is 21.0. The number of ketones is 1. The van der Waals surface area contributed by atoms with Gasteiger partial charge in [-0.1, -0.05) is 69.5 Å². The molecular weight excluding hydrogens is 779 g/mol. The van der Waals surface area contributed by atoms with Gasteiger partial charge in [0.2, 0.25) is 23.6 Å². The van der Waals surface area contributed by atoms with E-state index in [9.17, 15) is 38.7 Å². The normalized spacial score (nSPS) is 14.3. The Morgan fingerprint density at radius 3 is 2.15 bits per heavy atom. The van der Waals surface area contributed by atoms with Crippen LogP contribution in [-0.2, 0) is 35.2 Å². The first-order valence-electron chi connectivity index (χ1n) is 21.0. The zero-order valence-corrected chi connectivity index (χ0v) is 35.3. The first-order chi connectivity index (χ1) is 29.2. The number of carbonyl (C=O) groups excluding carboxylic acids is 6. The van der Waals surface area contributed by atoms with Crippen LogP contribution in [0.3, 0.4) is 0 Å². The number of carbonyl (C=O) groups is 7. The maximum absolute atomic E-state index is 14.0. The third-order valence-corrected chi connectivity index (χ3v) is 10.5. The van der Waals surface area contributed by atoms with Crippen molar-refractivity contribution in [3.63, 3.8) is 0 Å². The number of benzene rings is 2. The summed E-state index contributed by atoms with van der Waals surface area (Å²) >= 11 is 0. The summed E-state index contributed by atoms with van der Waals surface area (Å²) in [5.74, 6) is -3.49. The topological polar surface area (TPSA) is 225 Å². The average molecular weight is 838 g/mol. The number of anilines is 2. The first kappa shape index (κ1) is 47.3. The minimum absolute atomic E-state index is 0.00208. The van der Waals surface area contributed by atoms with Gasteiger partial charge in [0.25, 0.3) is 0 Å². The van der Waals surface area contributed by atoms with Gasteiger partial charge in [-0.15, -0.1) is 0 Å². The number of rotatable bonds is 22. The largest absolute Gasteiger partial charge is 0.481 e. The van der Waals surface area contributed by atoms with Crippen LogP contribution in [0, 0.1) is 12.8 Å². The van der Waals surface area contributed by atoms with E-state index in [1.165, 1.54) is 6.08 Å². The van der Waals surface area contributed by atoms with Gasteiger partial charge >= 0.3 is 12.0 Å². The number of amides is 6. The van der Waals surface area contributed by atoms with Gasteiger partial charge in [0.05, 0.1) is 17.7 Å². The van der Waals surface area contributed by atoms with Gasteiger partial charge in [0.1, 0.15) is 12.1 Å². The molecule has 0 unspecified atom stereocenters. The lowest BCUT2D eigenvalue weighted by molar-refractivity contribution is -0.138. The number of carboxylic acid groups (broad SMARTS) is 1. The second-order valence-electron chi connectivity index (χ2n) is 15.8. The number of nitrogens with zero attached hydrogens (tertiary/aromatic N) is 1. The molecule has 1 aliphatic carbocycles. The number of aliphatic carboxylic acids is 1. The van der Waals surface area contributed by atoms with Crippen LogP contribution in [0.1, 0.15) is 101 Å². The van der Waals surface area contributed by atoms with Crippen molar-refractivity contribution in [3.05, 3.63) is 95.8 Å². The number of aryl methyl sites for hydroxylation is 1. The van der Waals surface area contributed by atoms with Gasteiger partial charge in [-0.05, 0) is 99.4 Å². The van der Waals surface area contributed by atoms with E-state index < -0.39 is 47.3 Å². The van der Waals surface area contributed by atoms with Crippen molar-refractivity contribution in [3.8, 4) is 0 Å². The Bertz CT molecular complexity index is 2000. The number of para-hydroxylation sites is 1. The summed E-state index contributed by atoms with van der Waals surface area (Å²) in [4.78, 5) is 95.5. The maximum Gasteiger partial charge on any atom is 0.323 e. The highest BCUT2D eigenvalue weighted by atomic mass is 16.4. The number of nitrogens with one attached hydrogen (secondary N) is 6. The number of hydrogen-bond donors (Lipinski definition) is 7. The summed E-state index contributed by atoms with van der Waals surface area (Å²) in [7, 11) is 0. The van der Waals surface area contributed by atoms with Crippen molar-refractivity contribution < 1.29 is 38.7 Å². The molecule has 0 spiro atoms. The maximum atomic E-state index is 14.0. The predicted octanol–water partition coefficient (Wildman–Crippen LogP) is 5.85. The lowest BCUT2D eigenvalue weighted by Gasteiger charge is -2.39. The van der Waals surface area contributed by atoms with Gasteiger partial charge in [0, 0.05) is 42.5 Å². The van der Waals surface area contributed by atoms with Crippen LogP contribution in [-0.4, -0.2) is 75.7 Å². The Kier molecular flexibility index (Phi) is 18.6. The molecule has 15 heteroatoms. The van der Waals surface area contributed by atoms with Crippen molar-refractivity contribution in [1.82, 2.24) is 26.3 Å². The molecule has 3 aromatic rings. The van der Waals surface area contributed by atoms with E-state index in [-0.39, 0.29) is 49.7 Å². The molecule has 1 heterocycles. The number of pyridine rings is 1. The van der Waals surface area contributed by atoms with Crippen molar-refractivity contribution in [2.75, 3.05) is 17.2 Å². The van der Waals surface area contributed by atoms with E-state index in [2.05, 4.69) is 36.9 Å². The minimum Gasteiger partial charge on any atom is -0.481 e. The van der Waals surface area contributed by atoms with Gasteiger partial charge < -0.3 is 37.0 Å². The Balaban J connectivity index is 1.43. The molecule has 15 nitrogen and oxygen atoms in total. The van der Waals surface area contributed by atoms with Gasteiger partial charge in [-0.25, -0.2) is 4.79 Å². The molecule has 6 amide bonds. The SMILES string of the molecule is Cc1ccccc1NC(=O)Nc1ccc(CC(=O)N[C@@H](CCCCNC(=O)/C=C/c2ccccn2)C(=O)N[C@@H](CCCC(=O)O)C(=O)NC2(C(=O)C(C)C)CCCCC2)cc1. The van der Waals surface area contributed by atoms with Crippen LogP contribution in [0.4, 0.5) is 16.2 Å². The van der Waals surface area contributed by atoms with Crippen molar-refractivity contribution in [2.24, 2.45) is 5.92 Å². The smallest absolute Gasteiger partial charge is 0.323 e. The predicted molar refractivity (Wildman–Crippen MR) is 233 cm³/mol. The second-order valence-corrected chi connectivity index (χ2v) is 15.8. The van der Waals surface area contributed by atoms with Gasteiger partial charge in [-0.3, -0.25) is 33.8 Å². The van der Waals surface area contributed by atoms with E-state index in [0.717, 1.165) is 24.8 Å². The quantitative estimate of drug-likeness (QED) is 0.0476. The molecular formula is C46H59N7O8. The summed E-state index contributed by atoms with van der Waals surface area (Å²) in [6.45, 7) is 5.75. The third-order valence-electron chi connectivity index (χ3n) is 10.5. The van der Waals surface area contributed by atoms with E-state index in [4.69, 9.17) is 0 Å². The van der Waals surface area contributed by atoms with E-state index in [1.807, 2.05) is 31.2 Å². The molecule has 0 aliphatic heterocycles. The van der Waals surface area contributed by atoms with Gasteiger partial charge in [0.15, 0.2) is 5.78 Å². The number of unbranched alkanes of at least 4 members (excludes halogenated alkanes) is 1. The highest BCUT2D eigenvalue weighted by molar-refractivity contribution is 6.00. The number of carboxylic acids is 1. The number of Topliss-reactive ketones (excluding diaryl/α,β-unsaturated/α-hetero) is 1. The summed E-state index contributed by atoms with van der Waals surface area (Å²) in [5.41, 5.74) is 2.25. The van der Waals surface area contributed by atoms with Crippen LogP contribution in [0.5, 0.6) is 0 Å². The average Bonchev–Trinajstić information content (AvgIpc) is 3.23. The Labute approximate surface area is 357 Å². The third kappa shape index (κ3) is 16.0. The van der Waals surface area contributed by atoms with Crippen LogP contribution >= 0.6 is 0 Å². The number of urea groups is 1. The molecule has 1 aromatic heterocycles. The second kappa shape index (κ2) is 24.0.